The van der Waals surface area contributed by atoms with Crippen LogP contribution in [0.25, 0.3) is 0 Å². The van der Waals surface area contributed by atoms with E-state index in [1.807, 2.05) is 6.92 Å². The molecule has 0 heterocycles. The Balaban J connectivity index is 2.86. The molecule has 0 aliphatic rings. The standard InChI is InChI=1S/C8H16O/c1-3-5-6-7-8-9-4-2/h7-8H,3-6H2,1-2H3/b8-7-. The predicted octanol–water partition coefficient (Wildman–Crippen LogP) is 2.73. The summed E-state index contributed by atoms with van der Waals surface area (Å²) in [6, 6.07) is 0. The van der Waals surface area contributed by atoms with Crippen molar-refractivity contribution in [3.8, 4) is 0 Å². The summed E-state index contributed by atoms with van der Waals surface area (Å²) in [5, 5.41) is 0. The van der Waals surface area contributed by atoms with Gasteiger partial charge in [-0.3, -0.25) is 0 Å². The van der Waals surface area contributed by atoms with Gasteiger partial charge in [-0.25, -0.2) is 0 Å². The van der Waals surface area contributed by atoms with E-state index in [1.165, 1.54) is 12.8 Å². The topological polar surface area (TPSA) is 9.23 Å². The number of rotatable bonds is 5. The van der Waals surface area contributed by atoms with E-state index in [4.69, 9.17) is 4.74 Å². The monoisotopic (exact) mass is 128 g/mol. The van der Waals surface area contributed by atoms with Crippen molar-refractivity contribution >= 4 is 0 Å². The van der Waals surface area contributed by atoms with Crippen LogP contribution < -0.4 is 0 Å². The summed E-state index contributed by atoms with van der Waals surface area (Å²) in [4.78, 5) is 0. The van der Waals surface area contributed by atoms with Crippen LogP contribution >= 0.6 is 0 Å². The van der Waals surface area contributed by atoms with E-state index >= 15 is 0 Å². The summed E-state index contributed by atoms with van der Waals surface area (Å²) >= 11 is 0. The molecule has 0 aromatic rings. The van der Waals surface area contributed by atoms with Crippen molar-refractivity contribution in [2.75, 3.05) is 6.61 Å². The lowest BCUT2D eigenvalue weighted by Crippen LogP contribution is -1.76. The van der Waals surface area contributed by atoms with Crippen molar-refractivity contribution in [1.29, 1.82) is 0 Å². The fourth-order valence-electron chi connectivity index (χ4n) is 0.554. The van der Waals surface area contributed by atoms with Crippen molar-refractivity contribution in [2.45, 2.75) is 33.1 Å². The minimum atomic E-state index is 0.780. The third kappa shape index (κ3) is 7.54. The van der Waals surface area contributed by atoms with Gasteiger partial charge >= 0.3 is 0 Å². The zero-order valence-electron chi connectivity index (χ0n) is 6.39. The molecule has 54 valence electrons. The molecule has 0 radical (unpaired) electrons. The molecular formula is C8H16O. The van der Waals surface area contributed by atoms with Crippen LogP contribution in [0.15, 0.2) is 12.3 Å². The average Bonchev–Trinajstić information content (AvgIpc) is 1.89. The first kappa shape index (κ1) is 8.54. The molecule has 9 heavy (non-hydrogen) atoms. The van der Waals surface area contributed by atoms with Gasteiger partial charge in [0.2, 0.25) is 0 Å². The molecule has 1 nitrogen and oxygen atoms in total. The van der Waals surface area contributed by atoms with E-state index in [0.717, 1.165) is 13.0 Å². The fraction of sp³-hybridized carbons (Fsp3) is 0.750. The molecule has 0 aromatic heterocycles. The SMILES string of the molecule is CCCC/C=C\OCC. The average molecular weight is 128 g/mol. The first-order valence-electron chi connectivity index (χ1n) is 3.68. The number of hydrogen-bond donors (Lipinski definition) is 0. The van der Waals surface area contributed by atoms with Gasteiger partial charge in [-0.1, -0.05) is 13.3 Å². The third-order valence-corrected chi connectivity index (χ3v) is 1.08. The van der Waals surface area contributed by atoms with E-state index in [1.54, 1.807) is 6.26 Å². The molecule has 0 amide bonds. The van der Waals surface area contributed by atoms with Crippen LogP contribution in [0.1, 0.15) is 33.1 Å². The third-order valence-electron chi connectivity index (χ3n) is 1.08. The van der Waals surface area contributed by atoms with E-state index in [0.29, 0.717) is 0 Å². The van der Waals surface area contributed by atoms with Gasteiger partial charge in [-0.05, 0) is 25.8 Å². The van der Waals surface area contributed by atoms with Gasteiger partial charge in [0.1, 0.15) is 0 Å². The van der Waals surface area contributed by atoms with Gasteiger partial charge in [-0.15, -0.1) is 0 Å². The van der Waals surface area contributed by atoms with Crippen molar-refractivity contribution in [2.24, 2.45) is 0 Å². The second-order valence-electron chi connectivity index (χ2n) is 1.97. The highest BCUT2D eigenvalue weighted by atomic mass is 16.5. The molecule has 1 heteroatoms. The highest BCUT2D eigenvalue weighted by molar-refractivity contribution is 4.72. The van der Waals surface area contributed by atoms with Crippen molar-refractivity contribution < 1.29 is 4.74 Å². The van der Waals surface area contributed by atoms with E-state index in [-0.39, 0.29) is 0 Å². The summed E-state index contributed by atoms with van der Waals surface area (Å²) in [7, 11) is 0. The van der Waals surface area contributed by atoms with Gasteiger partial charge in [0.15, 0.2) is 0 Å². The van der Waals surface area contributed by atoms with Gasteiger partial charge in [-0.2, -0.15) is 0 Å². The Bertz CT molecular complexity index is 67.0. The van der Waals surface area contributed by atoms with E-state index in [9.17, 15) is 0 Å². The maximum absolute atomic E-state index is 5.00. The molecule has 0 aliphatic carbocycles. The normalized spacial score (nSPS) is 10.4. The number of allylic oxidation sites excluding steroid dienone is 1. The smallest absolute Gasteiger partial charge is 0.0845 e. The Labute approximate surface area is 57.7 Å². The van der Waals surface area contributed by atoms with Gasteiger partial charge < -0.3 is 4.74 Å². The molecule has 0 unspecified atom stereocenters. The summed E-state index contributed by atoms with van der Waals surface area (Å²) in [6.45, 7) is 4.96. The van der Waals surface area contributed by atoms with Gasteiger partial charge in [0, 0.05) is 0 Å². The molecule has 0 atom stereocenters. The minimum Gasteiger partial charge on any atom is -0.502 e. The molecule has 0 spiro atoms. The molecule has 0 aliphatic heterocycles. The molecule has 0 bridgehead atoms. The van der Waals surface area contributed by atoms with Crippen molar-refractivity contribution in [1.82, 2.24) is 0 Å². The first-order chi connectivity index (χ1) is 4.41. The molecular weight excluding hydrogens is 112 g/mol. The Hall–Kier alpha value is -0.460. The molecule has 0 N–H and O–H groups in total. The lowest BCUT2D eigenvalue weighted by Gasteiger charge is -1.91. The summed E-state index contributed by atoms with van der Waals surface area (Å²) in [5.41, 5.74) is 0. The summed E-state index contributed by atoms with van der Waals surface area (Å²) in [6.07, 6.45) is 7.54. The van der Waals surface area contributed by atoms with Crippen LogP contribution in [-0.2, 0) is 4.74 Å². The summed E-state index contributed by atoms with van der Waals surface area (Å²) in [5.74, 6) is 0. The number of hydrogen-bond acceptors (Lipinski definition) is 1. The quantitative estimate of drug-likeness (QED) is 0.408. The van der Waals surface area contributed by atoms with Crippen LogP contribution in [0.3, 0.4) is 0 Å². The highest BCUT2D eigenvalue weighted by Gasteiger charge is 1.76. The Kier molecular flexibility index (Phi) is 7.15. The Morgan fingerprint density at radius 2 is 2.11 bits per heavy atom. The molecule has 0 saturated heterocycles. The second-order valence-corrected chi connectivity index (χ2v) is 1.97. The maximum Gasteiger partial charge on any atom is 0.0845 e. The lowest BCUT2D eigenvalue weighted by molar-refractivity contribution is 0.268. The van der Waals surface area contributed by atoms with Crippen LogP contribution in [-0.4, -0.2) is 6.61 Å². The predicted molar refractivity (Wildman–Crippen MR) is 40.3 cm³/mol. The second kappa shape index (κ2) is 7.54. The van der Waals surface area contributed by atoms with E-state index < -0.39 is 0 Å². The number of ether oxygens (including phenoxy) is 1. The van der Waals surface area contributed by atoms with Crippen LogP contribution in [0.5, 0.6) is 0 Å². The van der Waals surface area contributed by atoms with Crippen LogP contribution in [0.4, 0.5) is 0 Å². The number of unbranched alkanes of at least 4 members (excludes halogenated alkanes) is 2. The van der Waals surface area contributed by atoms with Gasteiger partial charge in [0.25, 0.3) is 0 Å². The van der Waals surface area contributed by atoms with E-state index in [2.05, 4.69) is 13.0 Å². The minimum absolute atomic E-state index is 0.780. The highest BCUT2D eigenvalue weighted by Crippen LogP contribution is 1.94. The molecule has 0 fully saturated rings. The molecule has 0 rings (SSSR count). The first-order valence-corrected chi connectivity index (χ1v) is 3.68. The lowest BCUT2D eigenvalue weighted by atomic mass is 10.2. The largest absolute Gasteiger partial charge is 0.502 e. The van der Waals surface area contributed by atoms with Crippen molar-refractivity contribution in [3.63, 3.8) is 0 Å². The molecule has 0 saturated carbocycles. The zero-order chi connectivity index (χ0) is 6.95. The van der Waals surface area contributed by atoms with Crippen LogP contribution in [0.2, 0.25) is 0 Å². The summed E-state index contributed by atoms with van der Waals surface area (Å²) < 4.78 is 5.00. The molecule has 0 aromatic carbocycles. The Morgan fingerprint density at radius 1 is 1.33 bits per heavy atom. The van der Waals surface area contributed by atoms with Crippen molar-refractivity contribution in [3.05, 3.63) is 12.3 Å². The Morgan fingerprint density at radius 3 is 2.67 bits per heavy atom. The van der Waals surface area contributed by atoms with Gasteiger partial charge in [0.05, 0.1) is 12.9 Å². The maximum atomic E-state index is 5.00. The fourth-order valence-corrected chi connectivity index (χ4v) is 0.554. The zero-order valence-corrected chi connectivity index (χ0v) is 6.39. The van der Waals surface area contributed by atoms with Crippen LogP contribution in [0, 0.1) is 0 Å².